The molecule has 0 spiro atoms. The smallest absolute Gasteiger partial charge is 0.397 e. The molecular weight excluding hydrogens is 293 g/mol. The topological polar surface area (TPSA) is 56.0 Å². The molecule has 0 amide bonds. The molecule has 2 N–H and O–H groups in total. The molecule has 20 heavy (non-hydrogen) atoms. The Morgan fingerprint density at radius 2 is 1.80 bits per heavy atom. The zero-order valence-electron chi connectivity index (χ0n) is 9.91. The first-order chi connectivity index (χ1) is 9.30. The van der Waals surface area contributed by atoms with Crippen LogP contribution in [0.15, 0.2) is 36.4 Å². The Morgan fingerprint density at radius 3 is 2.45 bits per heavy atom. The third kappa shape index (κ3) is 2.75. The Labute approximate surface area is 117 Å². The van der Waals surface area contributed by atoms with Gasteiger partial charge in [0.25, 0.3) is 0 Å². The molecule has 7 heteroatoms. The van der Waals surface area contributed by atoms with Crippen LogP contribution in [0.25, 0.3) is 0 Å². The summed E-state index contributed by atoms with van der Waals surface area (Å²) in [5, 5.41) is -0.0213. The molecule has 2 rings (SSSR count). The predicted molar refractivity (Wildman–Crippen MR) is 68.5 cm³/mol. The summed E-state index contributed by atoms with van der Waals surface area (Å²) in [6.07, 6.45) is -4.64. The number of nitrogen functional groups attached to an aromatic ring is 1. The molecule has 0 fully saturated rings. The van der Waals surface area contributed by atoms with Crippen LogP contribution in [0, 0.1) is 0 Å². The molecule has 3 nitrogen and oxygen atoms in total. The van der Waals surface area contributed by atoms with Crippen molar-refractivity contribution in [1.29, 1.82) is 0 Å². The molecule has 1 aromatic carbocycles. The minimum atomic E-state index is -4.64. The van der Waals surface area contributed by atoms with Gasteiger partial charge >= 0.3 is 6.18 Å². The first kappa shape index (κ1) is 14.3. The van der Waals surface area contributed by atoms with Crippen molar-refractivity contribution in [2.24, 2.45) is 0 Å². The van der Waals surface area contributed by atoms with Crippen molar-refractivity contribution >= 4 is 23.1 Å². The van der Waals surface area contributed by atoms with Crippen molar-refractivity contribution in [3.05, 3.63) is 58.4 Å². The van der Waals surface area contributed by atoms with Gasteiger partial charge in [-0.1, -0.05) is 29.8 Å². The summed E-state index contributed by atoms with van der Waals surface area (Å²) in [5.41, 5.74) is 3.69. The van der Waals surface area contributed by atoms with Crippen LogP contribution in [-0.2, 0) is 6.18 Å². The van der Waals surface area contributed by atoms with E-state index in [-0.39, 0.29) is 16.5 Å². The van der Waals surface area contributed by atoms with Crippen LogP contribution in [-0.4, -0.2) is 10.8 Å². The standard InChI is InChI=1S/C13H8ClF3N2O/c14-10-6-5-9(18)11(19-10)12(20)7-3-1-2-4-8(7)13(15,16)17/h1-6H,18H2. The lowest BCUT2D eigenvalue weighted by molar-refractivity contribution is -0.137. The second-order valence-electron chi connectivity index (χ2n) is 3.94. The van der Waals surface area contributed by atoms with Crippen LogP contribution in [0.4, 0.5) is 18.9 Å². The molecule has 0 unspecified atom stereocenters. The Kier molecular flexibility index (Phi) is 3.67. The molecule has 1 aromatic heterocycles. The second kappa shape index (κ2) is 5.13. The lowest BCUT2D eigenvalue weighted by Gasteiger charge is -2.12. The Bertz CT molecular complexity index is 671. The number of alkyl halides is 3. The number of nitrogens with two attached hydrogens (primary N) is 1. The lowest BCUT2D eigenvalue weighted by Crippen LogP contribution is -2.15. The maximum Gasteiger partial charge on any atom is 0.417 e. The highest BCUT2D eigenvalue weighted by molar-refractivity contribution is 6.29. The molecule has 0 atom stereocenters. The molecule has 104 valence electrons. The Hall–Kier alpha value is -2.08. The van der Waals surface area contributed by atoms with Gasteiger partial charge in [-0.2, -0.15) is 13.2 Å². The third-order valence-corrected chi connectivity index (χ3v) is 2.80. The highest BCUT2D eigenvalue weighted by Gasteiger charge is 2.35. The number of halogens is 4. The van der Waals surface area contributed by atoms with E-state index in [1.165, 1.54) is 24.3 Å². The van der Waals surface area contributed by atoms with Gasteiger partial charge in [0.15, 0.2) is 0 Å². The van der Waals surface area contributed by atoms with Gasteiger partial charge in [0.05, 0.1) is 11.3 Å². The SMILES string of the molecule is Nc1ccc(Cl)nc1C(=O)c1ccccc1C(F)(F)F. The molecule has 0 saturated heterocycles. The summed E-state index contributed by atoms with van der Waals surface area (Å²) in [5.74, 6) is -0.919. The molecule has 0 bridgehead atoms. The summed E-state index contributed by atoms with van der Waals surface area (Å²) in [7, 11) is 0. The number of benzene rings is 1. The third-order valence-electron chi connectivity index (χ3n) is 2.58. The van der Waals surface area contributed by atoms with Crippen molar-refractivity contribution in [1.82, 2.24) is 4.98 Å². The number of anilines is 1. The van der Waals surface area contributed by atoms with Crippen LogP contribution >= 0.6 is 11.6 Å². The van der Waals surface area contributed by atoms with E-state index in [1.807, 2.05) is 0 Å². The first-order valence-electron chi connectivity index (χ1n) is 5.43. The Balaban J connectivity index is 2.57. The highest BCUT2D eigenvalue weighted by atomic mass is 35.5. The first-order valence-corrected chi connectivity index (χ1v) is 5.81. The number of pyridine rings is 1. The van der Waals surface area contributed by atoms with E-state index in [0.29, 0.717) is 0 Å². The van der Waals surface area contributed by atoms with E-state index in [4.69, 9.17) is 17.3 Å². The molecule has 0 saturated carbocycles. The molecule has 0 aliphatic rings. The number of nitrogens with zero attached hydrogens (tertiary/aromatic N) is 1. The summed E-state index contributed by atoms with van der Waals surface area (Å²) in [4.78, 5) is 15.9. The van der Waals surface area contributed by atoms with E-state index in [0.717, 1.165) is 12.1 Å². The van der Waals surface area contributed by atoms with Gasteiger partial charge in [0, 0.05) is 5.56 Å². The minimum absolute atomic E-state index is 0.0213. The van der Waals surface area contributed by atoms with E-state index >= 15 is 0 Å². The van der Waals surface area contributed by atoms with Gasteiger partial charge < -0.3 is 5.73 Å². The van der Waals surface area contributed by atoms with E-state index < -0.39 is 23.1 Å². The lowest BCUT2D eigenvalue weighted by atomic mass is 10.0. The maximum absolute atomic E-state index is 12.9. The fraction of sp³-hybridized carbons (Fsp3) is 0.0769. The molecule has 0 aliphatic heterocycles. The largest absolute Gasteiger partial charge is 0.417 e. The van der Waals surface area contributed by atoms with Gasteiger partial charge in [-0.05, 0) is 18.2 Å². The van der Waals surface area contributed by atoms with Crippen LogP contribution in [0.2, 0.25) is 5.15 Å². The predicted octanol–water partition coefficient (Wildman–Crippen LogP) is 3.57. The van der Waals surface area contributed by atoms with Gasteiger partial charge in [-0.3, -0.25) is 4.79 Å². The van der Waals surface area contributed by atoms with Gasteiger partial charge in [-0.15, -0.1) is 0 Å². The van der Waals surface area contributed by atoms with Crippen LogP contribution in [0.5, 0.6) is 0 Å². The van der Waals surface area contributed by atoms with Crippen LogP contribution in [0.1, 0.15) is 21.6 Å². The van der Waals surface area contributed by atoms with Crippen LogP contribution < -0.4 is 5.73 Å². The van der Waals surface area contributed by atoms with E-state index in [2.05, 4.69) is 4.98 Å². The summed E-state index contributed by atoms with van der Waals surface area (Å²) in [6.45, 7) is 0. The second-order valence-corrected chi connectivity index (χ2v) is 4.33. The number of carbonyl (C=O) groups is 1. The number of carbonyl (C=O) groups excluding carboxylic acids is 1. The summed E-state index contributed by atoms with van der Waals surface area (Å²) in [6, 6.07) is 7.11. The molecule has 0 aliphatic carbocycles. The van der Waals surface area contributed by atoms with Crippen molar-refractivity contribution < 1.29 is 18.0 Å². The van der Waals surface area contributed by atoms with Gasteiger partial charge in [-0.25, -0.2) is 4.98 Å². The number of aromatic nitrogens is 1. The van der Waals surface area contributed by atoms with Crippen molar-refractivity contribution in [2.45, 2.75) is 6.18 Å². The van der Waals surface area contributed by atoms with Gasteiger partial charge in [0.2, 0.25) is 5.78 Å². The fourth-order valence-corrected chi connectivity index (χ4v) is 1.83. The van der Waals surface area contributed by atoms with E-state index in [1.54, 1.807) is 0 Å². The number of hydrogen-bond donors (Lipinski definition) is 1. The molecular formula is C13H8ClF3N2O. The zero-order valence-corrected chi connectivity index (χ0v) is 10.7. The summed E-state index contributed by atoms with van der Waals surface area (Å²) < 4.78 is 38.6. The number of hydrogen-bond acceptors (Lipinski definition) is 3. The molecule has 2 aromatic rings. The minimum Gasteiger partial charge on any atom is -0.397 e. The fourth-order valence-electron chi connectivity index (χ4n) is 1.68. The van der Waals surface area contributed by atoms with Crippen molar-refractivity contribution in [3.8, 4) is 0 Å². The maximum atomic E-state index is 12.9. The van der Waals surface area contributed by atoms with E-state index in [9.17, 15) is 18.0 Å². The monoisotopic (exact) mass is 300 g/mol. The molecule has 1 heterocycles. The zero-order chi connectivity index (χ0) is 14.9. The van der Waals surface area contributed by atoms with Crippen LogP contribution in [0.3, 0.4) is 0 Å². The average Bonchev–Trinajstić information content (AvgIpc) is 2.40. The van der Waals surface area contributed by atoms with Crippen molar-refractivity contribution in [3.63, 3.8) is 0 Å². The normalized spacial score (nSPS) is 11.4. The van der Waals surface area contributed by atoms with Gasteiger partial charge in [0.1, 0.15) is 10.8 Å². The average molecular weight is 301 g/mol. The molecule has 0 radical (unpaired) electrons. The summed E-state index contributed by atoms with van der Waals surface area (Å²) >= 11 is 5.64. The van der Waals surface area contributed by atoms with Crippen molar-refractivity contribution in [2.75, 3.05) is 5.73 Å². The Morgan fingerprint density at radius 1 is 1.15 bits per heavy atom. The highest BCUT2D eigenvalue weighted by Crippen LogP contribution is 2.33. The number of rotatable bonds is 2. The number of ketones is 1. The quantitative estimate of drug-likeness (QED) is 0.681.